The molecule has 12 aromatic rings. The second kappa shape index (κ2) is 49.2. The van der Waals surface area contributed by atoms with Gasteiger partial charge in [-0.25, -0.2) is 0 Å². The standard InChI is InChI=1S/C19H21BrO8S2.C16H17BrO7S.C15H15BrO6S.C15H15BrO4.C14H12BrO2P.C14H13BrO2/c1-25-16-10-15(13-6-8-14(9-7-13)27-29(2,21)22)18(26-11-12-4-5-12)19(17(16)20)28-30(3,23)24;1-21-9-23-16-12(8-13(22-2)14(17)15(16)18)10-4-6-11(7-5-10)24-25(3,19)20;1-20-12-8-11(16)14(21-2)15(22-23(3,18)19)13(12)9-4-6-10(17)7-5-9;1-3-20-15-11(9-4-6-10(17)7-5-9)8-12(19-2)13(16)14(15)18;15-14-6-10(7-16)13(5-11(14)8-18)9-1-3-12(17)4-2-9;1-9-7-12(14(17-2)8-13(9)15)10-3-5-11(16)6-4-10/h6-10,12H,4-5,11H2,1-3H3;4-8,18H,9H2,1-3H3;4-8,17H,1-3H3;4-8,17-18H,3H2,1-2H3;1-7,17H,8,18H2;3-8,16H,1-2H3. The zero-order valence-electron chi connectivity index (χ0n) is 73.4. The summed E-state index contributed by atoms with van der Waals surface area (Å²) >= 11 is 20.1. The molecule has 710 valence electrons. The SMILES string of the molecule is CCOc1c(-c2ccc(O)cc2)cc(OC)c(Br)c1O.COCOc1c(-c2ccc(OS(C)(=O)=O)cc2)cc(OC)c(Br)c1O.COc1cc(-c2ccc(OS(C)(=O)=O)cc2)c(OCC2CC2)c(OS(C)(=O)=O)c1Br.COc1cc(Br)c(C)cc1-c1ccc(O)cc1.COc1cc(Br)c(OC)c(OS(C)(=O)=O)c1-c1ccc(O)cc1.O=Cc1cc(Br)c(CP)cc1-c1ccc(O)cc1. The van der Waals surface area contributed by atoms with Crippen LogP contribution in [0.15, 0.2) is 221 Å². The summed E-state index contributed by atoms with van der Waals surface area (Å²) in [6, 6.07) is 54.0. The summed E-state index contributed by atoms with van der Waals surface area (Å²) in [7, 11) is -1.80. The predicted octanol–water partition coefficient (Wildman–Crippen LogP) is 22.0. The molecule has 0 spiro atoms. The van der Waals surface area contributed by atoms with Gasteiger partial charge in [-0.15, -0.1) is 9.24 Å². The molecule has 1 atom stereocenters. The van der Waals surface area contributed by atoms with Crippen LogP contribution in [0.25, 0.3) is 66.8 Å². The molecule has 0 radical (unpaired) electrons. The molecule has 133 heavy (non-hydrogen) atoms. The smallest absolute Gasteiger partial charge is 0.306 e. The number of hydrogen-bond donors (Lipinski definition) is 6. The van der Waals surface area contributed by atoms with E-state index < -0.39 is 40.5 Å². The number of halogens is 6. The molecule has 1 saturated carbocycles. The van der Waals surface area contributed by atoms with Gasteiger partial charge in [-0.2, -0.15) is 33.7 Å². The number of rotatable bonds is 30. The van der Waals surface area contributed by atoms with E-state index in [1.165, 1.54) is 79.1 Å². The lowest BCUT2D eigenvalue weighted by Crippen LogP contribution is -2.10. The number of hydrogen-bond acceptors (Lipinski definition) is 29. The Morgan fingerprint density at radius 1 is 0.368 bits per heavy atom. The molecule has 0 aromatic heterocycles. The zero-order chi connectivity index (χ0) is 98.1. The number of methoxy groups -OCH3 is 7. The maximum absolute atomic E-state index is 11.9. The number of benzene rings is 12. The molecular weight excluding hydrogens is 2220 g/mol. The van der Waals surface area contributed by atoms with Crippen molar-refractivity contribution in [2.24, 2.45) is 5.92 Å². The van der Waals surface area contributed by atoms with Gasteiger partial charge in [0.25, 0.3) is 0 Å². The number of phenols is 6. The van der Waals surface area contributed by atoms with E-state index in [0.29, 0.717) is 110 Å². The van der Waals surface area contributed by atoms with E-state index in [1.54, 1.807) is 128 Å². The van der Waals surface area contributed by atoms with Crippen molar-refractivity contribution in [3.63, 3.8) is 0 Å². The van der Waals surface area contributed by atoms with Gasteiger partial charge in [-0.3, -0.25) is 4.79 Å². The van der Waals surface area contributed by atoms with Gasteiger partial charge in [0.1, 0.15) is 76.7 Å². The molecule has 1 fully saturated rings. The van der Waals surface area contributed by atoms with Crippen LogP contribution in [-0.2, 0) is 51.4 Å². The summed E-state index contributed by atoms with van der Waals surface area (Å²) in [4.78, 5) is 11.1. The molecule has 0 heterocycles. The Morgan fingerprint density at radius 3 is 1.11 bits per heavy atom. The van der Waals surface area contributed by atoms with Gasteiger partial charge in [0.15, 0.2) is 53.3 Å². The van der Waals surface area contributed by atoms with Crippen LogP contribution in [0.4, 0.5) is 0 Å². The number of phenolic OH excluding ortho intramolecular Hbond substituents is 6. The van der Waals surface area contributed by atoms with Crippen LogP contribution in [-0.4, -0.2) is 165 Å². The molecule has 12 aromatic carbocycles. The van der Waals surface area contributed by atoms with Gasteiger partial charge in [0.05, 0.1) is 90.9 Å². The molecule has 1 aliphatic rings. The Bertz CT molecular complexity index is 6550. The van der Waals surface area contributed by atoms with Crippen molar-refractivity contribution in [1.82, 2.24) is 0 Å². The lowest BCUT2D eigenvalue weighted by Gasteiger charge is -2.19. The molecule has 6 N–H and O–H groups in total. The largest absolute Gasteiger partial charge is 0.508 e. The average molecular weight is 2310 g/mol. The maximum atomic E-state index is 11.9. The summed E-state index contributed by atoms with van der Waals surface area (Å²) in [5.74, 6) is 4.87. The molecule has 0 bridgehead atoms. The van der Waals surface area contributed by atoms with Gasteiger partial charge < -0.3 is 94.7 Å². The summed E-state index contributed by atoms with van der Waals surface area (Å²) in [5, 5.41) is 58.0. The van der Waals surface area contributed by atoms with Crippen molar-refractivity contribution in [1.29, 1.82) is 0 Å². The van der Waals surface area contributed by atoms with E-state index in [2.05, 4.69) is 111 Å². The number of aryl methyl sites for hydroxylation is 1. The fourth-order valence-corrected chi connectivity index (χ4v) is 17.7. The van der Waals surface area contributed by atoms with E-state index in [1.807, 2.05) is 44.2 Å². The van der Waals surface area contributed by atoms with Gasteiger partial charge in [-0.1, -0.05) is 105 Å². The molecule has 0 aliphatic heterocycles. The number of ether oxygens (including phenoxy) is 10. The third kappa shape index (κ3) is 31.1. The van der Waals surface area contributed by atoms with Gasteiger partial charge in [0, 0.05) is 43.9 Å². The number of carbonyl (C=O) groups excluding carboxylic acids is 1. The first-order valence-electron chi connectivity index (χ1n) is 39.0. The third-order valence-corrected chi connectivity index (χ3v) is 25.3. The molecule has 1 aliphatic carbocycles. The van der Waals surface area contributed by atoms with Crippen molar-refractivity contribution in [2.45, 2.75) is 32.9 Å². The fraction of sp³-hybridized carbons (Fsp3) is 0.215. The highest BCUT2D eigenvalue weighted by atomic mass is 79.9. The number of aldehydes is 1. The van der Waals surface area contributed by atoms with Gasteiger partial charge >= 0.3 is 40.5 Å². The van der Waals surface area contributed by atoms with Crippen LogP contribution < -0.4 is 59.4 Å². The first-order chi connectivity index (χ1) is 62.8. The molecular formula is C93H93Br6O29PS4. The normalized spacial score (nSPS) is 11.5. The molecule has 29 nitrogen and oxygen atoms in total. The van der Waals surface area contributed by atoms with Crippen LogP contribution in [0.3, 0.4) is 0 Å². The lowest BCUT2D eigenvalue weighted by molar-refractivity contribution is 0.0495. The summed E-state index contributed by atoms with van der Waals surface area (Å²) in [6.45, 7) is 4.67. The first-order valence-corrected chi connectivity index (χ1v) is 51.9. The fourth-order valence-electron chi connectivity index (χ4n) is 12.2. The summed E-state index contributed by atoms with van der Waals surface area (Å²) in [5.41, 5.74) is 11.6. The Labute approximate surface area is 824 Å². The number of carbonyl (C=O) groups is 1. The van der Waals surface area contributed by atoms with Crippen molar-refractivity contribution in [3.8, 4) is 176 Å². The monoisotopic (exact) mass is 2310 g/mol. The molecule has 1 unspecified atom stereocenters. The van der Waals surface area contributed by atoms with Crippen molar-refractivity contribution >= 4 is 152 Å². The first kappa shape index (κ1) is 108. The average Bonchev–Trinajstić information content (AvgIpc) is 1.73. The maximum Gasteiger partial charge on any atom is 0.306 e. The van der Waals surface area contributed by atoms with E-state index in [-0.39, 0.29) is 81.5 Å². The highest BCUT2D eigenvalue weighted by Crippen LogP contribution is 2.54. The van der Waals surface area contributed by atoms with Crippen LogP contribution in [0.1, 0.15) is 41.3 Å². The highest BCUT2D eigenvalue weighted by molar-refractivity contribution is 9.11. The van der Waals surface area contributed by atoms with Crippen molar-refractivity contribution in [2.75, 3.05) is 94.8 Å². The molecule has 0 amide bonds. The van der Waals surface area contributed by atoms with Crippen LogP contribution in [0.2, 0.25) is 0 Å². The third-order valence-electron chi connectivity index (χ3n) is 18.5. The Kier molecular flexibility index (Phi) is 39.9. The number of aromatic hydroxyl groups is 6. The van der Waals surface area contributed by atoms with Crippen molar-refractivity contribution in [3.05, 3.63) is 238 Å². The minimum absolute atomic E-state index is 0.00530. The van der Waals surface area contributed by atoms with E-state index in [9.17, 15) is 69.1 Å². The summed E-state index contributed by atoms with van der Waals surface area (Å²) in [6.07, 6.45) is 7.57. The second-order valence-corrected chi connectivity index (χ2v) is 40.1. The van der Waals surface area contributed by atoms with E-state index >= 15 is 0 Å². The molecule has 40 heteroatoms. The van der Waals surface area contributed by atoms with Crippen LogP contribution in [0, 0.1) is 12.8 Å². The van der Waals surface area contributed by atoms with E-state index in [0.717, 1.165) is 104 Å². The van der Waals surface area contributed by atoms with Crippen LogP contribution in [0.5, 0.6) is 109 Å². The van der Waals surface area contributed by atoms with Crippen molar-refractivity contribution < 1.29 is 133 Å². The predicted molar refractivity (Wildman–Crippen MR) is 534 cm³/mol. The topological polar surface area (TPSA) is 404 Å². The lowest BCUT2D eigenvalue weighted by atomic mass is 9.98. The van der Waals surface area contributed by atoms with E-state index in [4.69, 9.17) is 64.1 Å². The Hall–Kier alpha value is -10.4. The van der Waals surface area contributed by atoms with Gasteiger partial charge in [-0.05, 0) is 274 Å². The quantitative estimate of drug-likeness (QED) is 0.0105. The molecule has 13 rings (SSSR count). The minimum Gasteiger partial charge on any atom is -0.508 e. The highest BCUT2D eigenvalue weighted by Gasteiger charge is 2.30. The van der Waals surface area contributed by atoms with Gasteiger partial charge in [0.2, 0.25) is 5.75 Å². The summed E-state index contributed by atoms with van der Waals surface area (Å²) < 4.78 is 169. The zero-order valence-corrected chi connectivity index (χ0v) is 87.4. The van der Waals surface area contributed by atoms with Crippen LogP contribution >= 0.6 is 105 Å². The Morgan fingerprint density at radius 2 is 0.737 bits per heavy atom. The second-order valence-electron chi connectivity index (χ2n) is 28.4. The minimum atomic E-state index is -3.85. The molecule has 0 saturated heterocycles. The Balaban J connectivity index is 0.000000198.